The van der Waals surface area contributed by atoms with Crippen molar-refractivity contribution in [3.8, 4) is 0 Å². The topological polar surface area (TPSA) is 83.5 Å². The third-order valence-corrected chi connectivity index (χ3v) is 2.13. The van der Waals surface area contributed by atoms with Crippen LogP contribution in [0.15, 0.2) is 0 Å². The van der Waals surface area contributed by atoms with Crippen LogP contribution < -0.4 is 5.73 Å². The van der Waals surface area contributed by atoms with Gasteiger partial charge in [0.25, 0.3) is 0 Å². The fourth-order valence-corrected chi connectivity index (χ4v) is 1.08. The largest absolute Gasteiger partial charge is 0.480 e. The fraction of sp³-hybridized carbons (Fsp3) is 0.833. The molecule has 1 saturated carbocycles. The van der Waals surface area contributed by atoms with Gasteiger partial charge in [-0.05, 0) is 12.3 Å². The molecule has 0 aliphatic heterocycles. The van der Waals surface area contributed by atoms with Gasteiger partial charge in [-0.25, -0.2) is 0 Å². The number of carboxylic acid groups (broad SMARTS) is 1. The minimum absolute atomic E-state index is 0.0265. The van der Waals surface area contributed by atoms with Gasteiger partial charge < -0.3 is 15.9 Å². The minimum atomic E-state index is -1.13. The third-order valence-electron chi connectivity index (χ3n) is 2.13. The van der Waals surface area contributed by atoms with Crippen molar-refractivity contribution in [3.63, 3.8) is 0 Å². The van der Waals surface area contributed by atoms with Gasteiger partial charge in [-0.15, -0.1) is 0 Å². The Morgan fingerprint density at radius 2 is 2.30 bits per heavy atom. The molecule has 4 N–H and O–H groups in total. The van der Waals surface area contributed by atoms with Crippen LogP contribution in [0.3, 0.4) is 0 Å². The number of rotatable bonds is 2. The van der Waals surface area contributed by atoms with E-state index in [4.69, 9.17) is 10.8 Å². The quantitative estimate of drug-likeness (QED) is 0.473. The number of aliphatic hydroxyl groups is 1. The van der Waals surface area contributed by atoms with Crippen molar-refractivity contribution in [2.45, 2.75) is 25.0 Å². The highest BCUT2D eigenvalue weighted by molar-refractivity contribution is 5.75. The van der Waals surface area contributed by atoms with Crippen molar-refractivity contribution >= 4 is 5.97 Å². The molecule has 10 heavy (non-hydrogen) atoms. The SMILES string of the molecule is C[C@H]1C[C@]1(O)[C@H](N)C(=O)O. The Labute approximate surface area is 58.6 Å². The van der Waals surface area contributed by atoms with E-state index >= 15 is 0 Å². The zero-order valence-corrected chi connectivity index (χ0v) is 5.74. The van der Waals surface area contributed by atoms with Gasteiger partial charge >= 0.3 is 5.97 Å². The van der Waals surface area contributed by atoms with Gasteiger partial charge in [0.1, 0.15) is 6.04 Å². The van der Waals surface area contributed by atoms with E-state index < -0.39 is 17.6 Å². The van der Waals surface area contributed by atoms with Crippen molar-refractivity contribution in [2.24, 2.45) is 11.7 Å². The van der Waals surface area contributed by atoms with Crippen LogP contribution in [-0.4, -0.2) is 27.8 Å². The number of nitrogens with two attached hydrogens (primary N) is 1. The zero-order chi connectivity index (χ0) is 7.94. The molecule has 1 aliphatic rings. The van der Waals surface area contributed by atoms with Gasteiger partial charge in [-0.3, -0.25) is 4.79 Å². The molecule has 0 unspecified atom stereocenters. The standard InChI is InChI=1S/C6H11NO3/c1-3-2-6(3,10)4(7)5(8)9/h3-4,10H,2,7H2,1H3,(H,8,9)/t3-,4+,6+/m0/s1. The molecule has 0 spiro atoms. The van der Waals surface area contributed by atoms with E-state index in [9.17, 15) is 9.90 Å². The number of hydrogen-bond donors (Lipinski definition) is 3. The molecule has 0 amide bonds. The van der Waals surface area contributed by atoms with Crippen LogP contribution >= 0.6 is 0 Å². The molecule has 0 bridgehead atoms. The highest BCUT2D eigenvalue weighted by atomic mass is 16.4. The van der Waals surface area contributed by atoms with Crippen molar-refractivity contribution < 1.29 is 15.0 Å². The molecule has 0 aromatic rings. The summed E-state index contributed by atoms with van der Waals surface area (Å²) in [6, 6.07) is -1.12. The molecule has 0 heterocycles. The molecule has 1 rings (SSSR count). The smallest absolute Gasteiger partial charge is 0.323 e. The fourth-order valence-electron chi connectivity index (χ4n) is 1.08. The Bertz CT molecular complexity index is 170. The average molecular weight is 145 g/mol. The first kappa shape index (κ1) is 7.50. The van der Waals surface area contributed by atoms with E-state index in [1.54, 1.807) is 6.92 Å². The Morgan fingerprint density at radius 1 is 1.90 bits per heavy atom. The zero-order valence-electron chi connectivity index (χ0n) is 5.74. The lowest BCUT2D eigenvalue weighted by atomic mass is 10.1. The van der Waals surface area contributed by atoms with Crippen molar-refractivity contribution in [3.05, 3.63) is 0 Å². The number of carbonyl (C=O) groups is 1. The highest BCUT2D eigenvalue weighted by Crippen LogP contribution is 2.44. The minimum Gasteiger partial charge on any atom is -0.480 e. The summed E-state index contributed by atoms with van der Waals surface area (Å²) in [5, 5.41) is 17.7. The summed E-state index contributed by atoms with van der Waals surface area (Å²) >= 11 is 0. The molecule has 4 nitrogen and oxygen atoms in total. The van der Waals surface area contributed by atoms with E-state index in [-0.39, 0.29) is 5.92 Å². The van der Waals surface area contributed by atoms with Gasteiger partial charge in [-0.2, -0.15) is 0 Å². The van der Waals surface area contributed by atoms with E-state index in [0.29, 0.717) is 6.42 Å². The first-order valence-electron chi connectivity index (χ1n) is 3.19. The van der Waals surface area contributed by atoms with E-state index in [0.717, 1.165) is 0 Å². The van der Waals surface area contributed by atoms with E-state index in [1.807, 2.05) is 0 Å². The monoisotopic (exact) mass is 145 g/mol. The molecule has 0 saturated heterocycles. The summed E-state index contributed by atoms with van der Waals surface area (Å²) in [5.41, 5.74) is 4.06. The summed E-state index contributed by atoms with van der Waals surface area (Å²) in [4.78, 5) is 10.2. The third kappa shape index (κ3) is 0.892. The molecule has 0 radical (unpaired) electrons. The first-order valence-corrected chi connectivity index (χ1v) is 3.19. The molecule has 1 fully saturated rings. The van der Waals surface area contributed by atoms with Gasteiger partial charge in [0.15, 0.2) is 0 Å². The van der Waals surface area contributed by atoms with Gasteiger partial charge in [0.2, 0.25) is 0 Å². The molecule has 4 heteroatoms. The lowest BCUT2D eigenvalue weighted by Crippen LogP contribution is -2.44. The second kappa shape index (κ2) is 1.93. The van der Waals surface area contributed by atoms with Crippen LogP contribution in [-0.2, 0) is 4.79 Å². The van der Waals surface area contributed by atoms with Crippen LogP contribution in [0.1, 0.15) is 13.3 Å². The summed E-state index contributed by atoms with van der Waals surface area (Å²) in [7, 11) is 0. The molecule has 1 aliphatic carbocycles. The van der Waals surface area contributed by atoms with Gasteiger partial charge in [0, 0.05) is 0 Å². The summed E-state index contributed by atoms with van der Waals surface area (Å²) in [6.45, 7) is 1.78. The molecule has 3 atom stereocenters. The lowest BCUT2D eigenvalue weighted by Gasteiger charge is -2.13. The Kier molecular flexibility index (Phi) is 1.45. The Balaban J connectivity index is 2.58. The molecular formula is C6H11NO3. The van der Waals surface area contributed by atoms with Crippen molar-refractivity contribution in [1.82, 2.24) is 0 Å². The van der Waals surface area contributed by atoms with E-state index in [1.165, 1.54) is 0 Å². The maximum atomic E-state index is 10.2. The lowest BCUT2D eigenvalue weighted by molar-refractivity contribution is -0.142. The van der Waals surface area contributed by atoms with Crippen LogP contribution in [0.4, 0.5) is 0 Å². The summed E-state index contributed by atoms with van der Waals surface area (Å²) < 4.78 is 0. The van der Waals surface area contributed by atoms with Gasteiger partial charge in [0.05, 0.1) is 5.60 Å². The number of hydrogen-bond acceptors (Lipinski definition) is 3. The van der Waals surface area contributed by atoms with Crippen LogP contribution in [0.25, 0.3) is 0 Å². The maximum Gasteiger partial charge on any atom is 0.323 e. The molecular weight excluding hydrogens is 134 g/mol. The van der Waals surface area contributed by atoms with Crippen molar-refractivity contribution in [1.29, 1.82) is 0 Å². The number of aliphatic carboxylic acids is 1. The average Bonchev–Trinajstić information content (AvgIpc) is 2.41. The van der Waals surface area contributed by atoms with E-state index in [2.05, 4.69) is 0 Å². The Hall–Kier alpha value is -0.610. The normalized spacial score (nSPS) is 40.9. The summed E-state index contributed by atoms with van der Waals surface area (Å²) in [5.74, 6) is -1.11. The highest BCUT2D eigenvalue weighted by Gasteiger charge is 2.56. The van der Waals surface area contributed by atoms with Gasteiger partial charge in [-0.1, -0.05) is 6.92 Å². The van der Waals surface area contributed by atoms with Crippen LogP contribution in [0.5, 0.6) is 0 Å². The maximum absolute atomic E-state index is 10.2. The molecule has 0 aromatic heterocycles. The van der Waals surface area contributed by atoms with Crippen LogP contribution in [0, 0.1) is 5.92 Å². The molecule has 0 aromatic carbocycles. The van der Waals surface area contributed by atoms with Crippen LogP contribution in [0.2, 0.25) is 0 Å². The second-order valence-corrected chi connectivity index (χ2v) is 2.91. The molecule has 58 valence electrons. The number of carboxylic acids is 1. The van der Waals surface area contributed by atoms with Crippen molar-refractivity contribution in [2.75, 3.05) is 0 Å². The predicted molar refractivity (Wildman–Crippen MR) is 34.3 cm³/mol. The predicted octanol–water partition coefficient (Wildman–Crippen LogP) is -0.831. The second-order valence-electron chi connectivity index (χ2n) is 2.91. The summed E-state index contributed by atoms with van der Waals surface area (Å²) in [6.07, 6.45) is 0.500. The Morgan fingerprint density at radius 3 is 2.40 bits per heavy atom. The first-order chi connectivity index (χ1) is 4.48.